The van der Waals surface area contributed by atoms with Crippen LogP contribution < -0.4 is 15.2 Å². The summed E-state index contributed by atoms with van der Waals surface area (Å²) < 4.78 is 42.6. The molecule has 8 heteroatoms. The summed E-state index contributed by atoms with van der Waals surface area (Å²) in [5.74, 6) is -0.559. The second kappa shape index (κ2) is 10.4. The average molecular weight is 457 g/mol. The molecule has 168 valence electrons. The average Bonchev–Trinajstić information content (AvgIpc) is 2.78. The second-order valence-corrected chi connectivity index (χ2v) is 8.90. The smallest absolute Gasteiger partial charge is 0.238 e. The van der Waals surface area contributed by atoms with Crippen molar-refractivity contribution in [3.63, 3.8) is 0 Å². The van der Waals surface area contributed by atoms with Crippen LogP contribution in [0.15, 0.2) is 77.7 Å². The summed E-state index contributed by atoms with van der Waals surface area (Å²) in [6.45, 7) is 2.46. The Bertz CT molecular complexity index is 1170. The van der Waals surface area contributed by atoms with Crippen LogP contribution in [0.2, 0.25) is 0 Å². The molecule has 0 aliphatic rings. The monoisotopic (exact) mass is 456 g/mol. The first-order valence-corrected chi connectivity index (χ1v) is 11.7. The fourth-order valence-electron chi connectivity index (χ4n) is 3.16. The molecule has 3 aromatic carbocycles. The Balaban J connectivity index is 1.46. The Kier molecular flexibility index (Phi) is 7.61. The number of rotatable bonds is 9. The lowest BCUT2D eigenvalue weighted by Crippen LogP contribution is -2.29. The van der Waals surface area contributed by atoms with Crippen LogP contribution in [-0.2, 0) is 14.8 Å². The SMILES string of the molecule is CC(C(=O)NCCCOc1ccc(S(N)(=O)=O)cc1)c1ccc(-c2ccccc2)c(F)c1. The molecule has 0 aromatic heterocycles. The molecule has 3 N–H and O–H groups in total. The zero-order valence-electron chi connectivity index (χ0n) is 17.6. The van der Waals surface area contributed by atoms with Crippen LogP contribution in [-0.4, -0.2) is 27.5 Å². The predicted molar refractivity (Wildman–Crippen MR) is 121 cm³/mol. The highest BCUT2D eigenvalue weighted by Gasteiger charge is 2.17. The molecule has 0 fully saturated rings. The molecule has 0 heterocycles. The van der Waals surface area contributed by atoms with Gasteiger partial charge in [-0.25, -0.2) is 17.9 Å². The van der Waals surface area contributed by atoms with Crippen molar-refractivity contribution in [2.24, 2.45) is 5.14 Å². The number of amides is 1. The fourth-order valence-corrected chi connectivity index (χ4v) is 3.67. The van der Waals surface area contributed by atoms with Gasteiger partial charge in [-0.2, -0.15) is 0 Å². The number of benzene rings is 3. The topological polar surface area (TPSA) is 98.5 Å². The van der Waals surface area contributed by atoms with Crippen LogP contribution in [0.4, 0.5) is 4.39 Å². The minimum atomic E-state index is -3.74. The summed E-state index contributed by atoms with van der Waals surface area (Å²) in [6, 6.07) is 19.9. The first kappa shape index (κ1) is 23.4. The summed E-state index contributed by atoms with van der Waals surface area (Å²) in [4.78, 5) is 12.4. The van der Waals surface area contributed by atoms with Gasteiger partial charge in [0.15, 0.2) is 0 Å². The van der Waals surface area contributed by atoms with Crippen molar-refractivity contribution in [3.8, 4) is 16.9 Å². The van der Waals surface area contributed by atoms with Gasteiger partial charge in [0.05, 0.1) is 17.4 Å². The molecule has 0 saturated carbocycles. The third-order valence-corrected chi connectivity index (χ3v) is 5.94. The molecule has 1 unspecified atom stereocenters. The largest absolute Gasteiger partial charge is 0.494 e. The maximum Gasteiger partial charge on any atom is 0.238 e. The zero-order valence-corrected chi connectivity index (χ0v) is 18.4. The van der Waals surface area contributed by atoms with Gasteiger partial charge in [-0.1, -0.05) is 42.5 Å². The number of nitrogens with one attached hydrogen (secondary N) is 1. The maximum atomic E-state index is 14.6. The minimum absolute atomic E-state index is 0.0133. The van der Waals surface area contributed by atoms with Gasteiger partial charge in [0.2, 0.25) is 15.9 Å². The Morgan fingerprint density at radius 2 is 1.75 bits per heavy atom. The number of carbonyl (C=O) groups excluding carboxylic acids is 1. The summed E-state index contributed by atoms with van der Waals surface area (Å²) in [7, 11) is -3.74. The molecule has 32 heavy (non-hydrogen) atoms. The van der Waals surface area contributed by atoms with E-state index in [-0.39, 0.29) is 16.6 Å². The van der Waals surface area contributed by atoms with E-state index < -0.39 is 15.9 Å². The molecule has 3 rings (SSSR count). The van der Waals surface area contributed by atoms with E-state index in [0.29, 0.717) is 36.4 Å². The van der Waals surface area contributed by atoms with Gasteiger partial charge in [-0.15, -0.1) is 0 Å². The van der Waals surface area contributed by atoms with Gasteiger partial charge in [0.25, 0.3) is 0 Å². The van der Waals surface area contributed by atoms with Crippen LogP contribution in [0.3, 0.4) is 0 Å². The molecular weight excluding hydrogens is 431 g/mol. The number of hydrogen-bond donors (Lipinski definition) is 2. The molecule has 1 atom stereocenters. The van der Waals surface area contributed by atoms with Crippen molar-refractivity contribution >= 4 is 15.9 Å². The molecule has 0 bridgehead atoms. The van der Waals surface area contributed by atoms with Gasteiger partial charge in [-0.3, -0.25) is 4.79 Å². The van der Waals surface area contributed by atoms with Crippen molar-refractivity contribution in [2.45, 2.75) is 24.2 Å². The maximum absolute atomic E-state index is 14.6. The molecule has 0 spiro atoms. The summed E-state index contributed by atoms with van der Waals surface area (Å²) in [5.41, 5.74) is 1.88. The number of primary sulfonamides is 1. The van der Waals surface area contributed by atoms with Crippen LogP contribution in [0.5, 0.6) is 5.75 Å². The number of nitrogens with two attached hydrogens (primary N) is 1. The normalized spacial score (nSPS) is 12.2. The molecule has 1 amide bonds. The van der Waals surface area contributed by atoms with E-state index in [9.17, 15) is 17.6 Å². The quantitative estimate of drug-likeness (QED) is 0.478. The predicted octanol–water partition coefficient (Wildman–Crippen LogP) is 3.83. The van der Waals surface area contributed by atoms with Crippen LogP contribution in [0, 0.1) is 5.82 Å². The lowest BCUT2D eigenvalue weighted by molar-refractivity contribution is -0.122. The van der Waals surface area contributed by atoms with E-state index in [1.165, 1.54) is 30.3 Å². The van der Waals surface area contributed by atoms with Gasteiger partial charge in [-0.05, 0) is 54.8 Å². The van der Waals surface area contributed by atoms with Gasteiger partial charge in [0.1, 0.15) is 11.6 Å². The van der Waals surface area contributed by atoms with E-state index in [0.717, 1.165) is 5.56 Å². The Hall–Kier alpha value is -3.23. The second-order valence-electron chi connectivity index (χ2n) is 7.34. The highest BCUT2D eigenvalue weighted by atomic mass is 32.2. The minimum Gasteiger partial charge on any atom is -0.494 e. The van der Waals surface area contributed by atoms with Crippen molar-refractivity contribution in [3.05, 3.63) is 84.2 Å². The number of sulfonamides is 1. The number of carbonyl (C=O) groups is 1. The van der Waals surface area contributed by atoms with Crippen LogP contribution in [0.1, 0.15) is 24.8 Å². The summed E-state index contributed by atoms with van der Waals surface area (Å²) in [5, 5.41) is 7.88. The number of halogens is 1. The third-order valence-electron chi connectivity index (χ3n) is 5.01. The standard InChI is InChI=1S/C24H25FN2O4S/c1-17(19-8-13-22(23(25)16-19)18-6-3-2-4-7-18)24(28)27-14-5-15-31-20-9-11-21(12-10-20)32(26,29)30/h2-4,6-13,16-17H,5,14-15H2,1H3,(H,27,28)(H2,26,29,30). The molecule has 6 nitrogen and oxygen atoms in total. The highest BCUT2D eigenvalue weighted by molar-refractivity contribution is 7.89. The fraction of sp³-hybridized carbons (Fsp3) is 0.208. The summed E-state index contributed by atoms with van der Waals surface area (Å²) >= 11 is 0. The first-order valence-electron chi connectivity index (χ1n) is 10.1. The third kappa shape index (κ3) is 6.15. The summed E-state index contributed by atoms with van der Waals surface area (Å²) in [6.07, 6.45) is 0.552. The van der Waals surface area contributed by atoms with E-state index in [2.05, 4.69) is 5.32 Å². The van der Waals surface area contributed by atoms with E-state index in [1.807, 2.05) is 30.3 Å². The first-order chi connectivity index (χ1) is 15.3. The Morgan fingerprint density at radius 3 is 2.38 bits per heavy atom. The van der Waals surface area contributed by atoms with Crippen LogP contribution >= 0.6 is 0 Å². The molecule has 0 radical (unpaired) electrons. The van der Waals surface area contributed by atoms with E-state index >= 15 is 0 Å². The van der Waals surface area contributed by atoms with Crippen molar-refractivity contribution in [1.29, 1.82) is 0 Å². The number of ether oxygens (including phenoxy) is 1. The Labute approximate surface area is 187 Å². The molecule has 0 aliphatic heterocycles. The highest BCUT2D eigenvalue weighted by Crippen LogP contribution is 2.26. The Morgan fingerprint density at radius 1 is 1.06 bits per heavy atom. The van der Waals surface area contributed by atoms with Gasteiger partial charge < -0.3 is 10.1 Å². The van der Waals surface area contributed by atoms with E-state index in [4.69, 9.17) is 9.88 Å². The van der Waals surface area contributed by atoms with Crippen LogP contribution in [0.25, 0.3) is 11.1 Å². The van der Waals surface area contributed by atoms with E-state index in [1.54, 1.807) is 19.1 Å². The zero-order chi connectivity index (χ0) is 23.1. The van der Waals surface area contributed by atoms with Crippen molar-refractivity contribution in [1.82, 2.24) is 5.32 Å². The lowest BCUT2D eigenvalue weighted by Gasteiger charge is -2.14. The van der Waals surface area contributed by atoms with Crippen molar-refractivity contribution in [2.75, 3.05) is 13.2 Å². The molecule has 0 aliphatic carbocycles. The molecule has 0 saturated heterocycles. The number of hydrogen-bond acceptors (Lipinski definition) is 4. The molecular formula is C24H25FN2O4S. The lowest BCUT2D eigenvalue weighted by atomic mass is 9.96. The van der Waals surface area contributed by atoms with Crippen molar-refractivity contribution < 1.29 is 22.3 Å². The van der Waals surface area contributed by atoms with Gasteiger partial charge >= 0.3 is 0 Å². The molecule has 3 aromatic rings. The van der Waals surface area contributed by atoms with Gasteiger partial charge in [0, 0.05) is 12.1 Å².